The van der Waals surface area contributed by atoms with E-state index in [9.17, 15) is 8.42 Å². The van der Waals surface area contributed by atoms with Gasteiger partial charge in [-0.05, 0) is 43.7 Å². The SMILES string of the molecule is CCNC(=NCc1ccc(C)cc1C)NCC(C)(C)CCS(C)(=O)=O.I. The predicted octanol–water partition coefficient (Wildman–Crippen LogP) is 3.44. The van der Waals surface area contributed by atoms with Crippen molar-refractivity contribution < 1.29 is 8.42 Å². The fourth-order valence-electron chi connectivity index (χ4n) is 2.40. The van der Waals surface area contributed by atoms with Crippen LogP contribution in [0.15, 0.2) is 23.2 Å². The summed E-state index contributed by atoms with van der Waals surface area (Å²) < 4.78 is 22.8. The lowest BCUT2D eigenvalue weighted by Gasteiger charge is -2.25. The molecule has 0 aromatic heterocycles. The maximum absolute atomic E-state index is 11.4. The van der Waals surface area contributed by atoms with Gasteiger partial charge in [-0.3, -0.25) is 0 Å². The summed E-state index contributed by atoms with van der Waals surface area (Å²) in [5.41, 5.74) is 3.58. The van der Waals surface area contributed by atoms with Crippen molar-refractivity contribution in [2.45, 2.75) is 47.6 Å². The summed E-state index contributed by atoms with van der Waals surface area (Å²) in [6.07, 6.45) is 1.90. The van der Waals surface area contributed by atoms with Crippen LogP contribution in [0.5, 0.6) is 0 Å². The lowest BCUT2D eigenvalue weighted by atomic mass is 9.90. The molecule has 0 aliphatic carbocycles. The Kier molecular flexibility index (Phi) is 10.8. The van der Waals surface area contributed by atoms with Gasteiger partial charge in [-0.15, -0.1) is 24.0 Å². The zero-order valence-electron chi connectivity index (χ0n) is 16.8. The number of nitrogens with one attached hydrogen (secondary N) is 2. The molecule has 7 heteroatoms. The van der Waals surface area contributed by atoms with Crippen LogP contribution in [0.4, 0.5) is 0 Å². The maximum atomic E-state index is 11.4. The largest absolute Gasteiger partial charge is 0.357 e. The van der Waals surface area contributed by atoms with E-state index in [1.807, 2.05) is 6.92 Å². The van der Waals surface area contributed by atoms with Crippen LogP contribution in [-0.2, 0) is 16.4 Å². The first-order valence-electron chi connectivity index (χ1n) is 8.78. The zero-order valence-corrected chi connectivity index (χ0v) is 20.0. The Morgan fingerprint density at radius 1 is 1.19 bits per heavy atom. The topological polar surface area (TPSA) is 70.6 Å². The van der Waals surface area contributed by atoms with Crippen LogP contribution < -0.4 is 10.6 Å². The molecule has 0 fully saturated rings. The van der Waals surface area contributed by atoms with Gasteiger partial charge < -0.3 is 10.6 Å². The molecule has 150 valence electrons. The number of aliphatic imine (C=N–C) groups is 1. The molecule has 26 heavy (non-hydrogen) atoms. The average molecular weight is 495 g/mol. The summed E-state index contributed by atoms with van der Waals surface area (Å²) in [6, 6.07) is 6.39. The Morgan fingerprint density at radius 3 is 2.38 bits per heavy atom. The number of halogens is 1. The van der Waals surface area contributed by atoms with Crippen LogP contribution >= 0.6 is 24.0 Å². The third-order valence-corrected chi connectivity index (χ3v) is 5.08. The minimum atomic E-state index is -2.93. The molecule has 0 atom stereocenters. The number of nitrogens with zero attached hydrogens (tertiary/aromatic N) is 1. The first kappa shape index (κ1) is 25.2. The van der Waals surface area contributed by atoms with Gasteiger partial charge in [-0.2, -0.15) is 0 Å². The van der Waals surface area contributed by atoms with Crippen molar-refractivity contribution in [3.8, 4) is 0 Å². The Labute approximate surface area is 176 Å². The maximum Gasteiger partial charge on any atom is 0.191 e. The molecule has 1 aromatic carbocycles. The first-order valence-corrected chi connectivity index (χ1v) is 10.8. The summed E-state index contributed by atoms with van der Waals surface area (Å²) >= 11 is 0. The normalized spacial score (nSPS) is 12.5. The number of hydrogen-bond acceptors (Lipinski definition) is 3. The van der Waals surface area contributed by atoms with E-state index in [1.165, 1.54) is 22.9 Å². The molecule has 2 N–H and O–H groups in total. The van der Waals surface area contributed by atoms with Crippen molar-refractivity contribution in [2.24, 2.45) is 10.4 Å². The van der Waals surface area contributed by atoms with Gasteiger partial charge in [-0.1, -0.05) is 37.6 Å². The minimum absolute atomic E-state index is 0. The van der Waals surface area contributed by atoms with Gasteiger partial charge in [0.25, 0.3) is 0 Å². The smallest absolute Gasteiger partial charge is 0.191 e. The molecule has 0 aliphatic rings. The fraction of sp³-hybridized carbons (Fsp3) is 0.632. The van der Waals surface area contributed by atoms with Crippen LogP contribution in [0.25, 0.3) is 0 Å². The second kappa shape index (κ2) is 11.1. The number of guanidine groups is 1. The standard InChI is InChI=1S/C19H33N3O2S.HI/c1-7-20-18(21-13-17-9-8-15(2)12-16(17)3)22-14-19(4,5)10-11-25(6,23)24;/h8-9,12H,7,10-11,13-14H2,1-6H3,(H2,20,21,22);1H. The summed E-state index contributed by atoms with van der Waals surface area (Å²) in [6.45, 7) is 12.4. The summed E-state index contributed by atoms with van der Waals surface area (Å²) in [5, 5.41) is 6.59. The van der Waals surface area contributed by atoms with E-state index in [2.05, 4.69) is 61.5 Å². The molecule has 1 rings (SSSR count). The molecule has 0 aliphatic heterocycles. The zero-order chi connectivity index (χ0) is 19.1. The molecular formula is C19H34IN3O2S. The second-order valence-corrected chi connectivity index (χ2v) is 9.78. The van der Waals surface area contributed by atoms with E-state index in [4.69, 9.17) is 0 Å². The van der Waals surface area contributed by atoms with Crippen molar-refractivity contribution in [2.75, 3.05) is 25.1 Å². The van der Waals surface area contributed by atoms with Gasteiger partial charge in [0.15, 0.2) is 5.96 Å². The molecule has 0 saturated carbocycles. The lowest BCUT2D eigenvalue weighted by molar-refractivity contribution is 0.348. The number of rotatable bonds is 8. The molecule has 0 heterocycles. The number of hydrogen-bond donors (Lipinski definition) is 2. The van der Waals surface area contributed by atoms with Crippen molar-refractivity contribution in [3.05, 3.63) is 34.9 Å². The van der Waals surface area contributed by atoms with Crippen molar-refractivity contribution >= 4 is 39.8 Å². The Bertz CT molecular complexity index is 701. The number of benzene rings is 1. The van der Waals surface area contributed by atoms with E-state index in [1.54, 1.807) is 0 Å². The molecule has 0 bridgehead atoms. The third kappa shape index (κ3) is 10.4. The van der Waals surface area contributed by atoms with Crippen LogP contribution in [0.3, 0.4) is 0 Å². The molecule has 0 amide bonds. The number of sulfone groups is 1. The molecule has 0 spiro atoms. The molecule has 1 aromatic rings. The van der Waals surface area contributed by atoms with E-state index in [-0.39, 0.29) is 35.1 Å². The Balaban J connectivity index is 0.00000625. The van der Waals surface area contributed by atoms with Gasteiger partial charge in [0.05, 0.1) is 12.3 Å². The molecule has 0 saturated heterocycles. The highest BCUT2D eigenvalue weighted by Gasteiger charge is 2.20. The average Bonchev–Trinajstić information content (AvgIpc) is 2.49. The Hall–Kier alpha value is -0.830. The second-order valence-electron chi connectivity index (χ2n) is 7.52. The highest BCUT2D eigenvalue weighted by molar-refractivity contribution is 14.0. The summed E-state index contributed by atoms with van der Waals surface area (Å²) in [5.74, 6) is 0.965. The van der Waals surface area contributed by atoms with Crippen molar-refractivity contribution in [1.29, 1.82) is 0 Å². The van der Waals surface area contributed by atoms with Gasteiger partial charge in [0.1, 0.15) is 9.84 Å². The predicted molar refractivity (Wildman–Crippen MR) is 122 cm³/mol. The summed E-state index contributed by atoms with van der Waals surface area (Å²) in [4.78, 5) is 4.66. The lowest BCUT2D eigenvalue weighted by Crippen LogP contribution is -2.42. The van der Waals surface area contributed by atoms with Gasteiger partial charge in [0, 0.05) is 19.3 Å². The van der Waals surface area contributed by atoms with Crippen LogP contribution in [0, 0.1) is 19.3 Å². The van der Waals surface area contributed by atoms with E-state index < -0.39 is 9.84 Å². The highest BCUT2D eigenvalue weighted by atomic mass is 127. The van der Waals surface area contributed by atoms with Gasteiger partial charge >= 0.3 is 0 Å². The van der Waals surface area contributed by atoms with E-state index in [0.29, 0.717) is 19.5 Å². The fourth-order valence-corrected chi connectivity index (χ4v) is 3.33. The van der Waals surface area contributed by atoms with Gasteiger partial charge in [-0.25, -0.2) is 13.4 Å². The molecular weight excluding hydrogens is 461 g/mol. The van der Waals surface area contributed by atoms with Crippen LogP contribution in [0.2, 0.25) is 0 Å². The number of aryl methyl sites for hydroxylation is 2. The van der Waals surface area contributed by atoms with Crippen LogP contribution in [-0.4, -0.2) is 39.5 Å². The molecule has 5 nitrogen and oxygen atoms in total. The minimum Gasteiger partial charge on any atom is -0.357 e. The highest BCUT2D eigenvalue weighted by Crippen LogP contribution is 2.19. The quantitative estimate of drug-likeness (QED) is 0.330. The molecule has 0 radical (unpaired) electrons. The van der Waals surface area contributed by atoms with E-state index in [0.717, 1.165) is 12.5 Å². The summed E-state index contributed by atoms with van der Waals surface area (Å²) in [7, 11) is -2.93. The van der Waals surface area contributed by atoms with Crippen molar-refractivity contribution in [1.82, 2.24) is 10.6 Å². The third-order valence-electron chi connectivity index (χ3n) is 4.13. The van der Waals surface area contributed by atoms with Crippen LogP contribution in [0.1, 0.15) is 43.9 Å². The Morgan fingerprint density at radius 2 is 1.85 bits per heavy atom. The monoisotopic (exact) mass is 495 g/mol. The van der Waals surface area contributed by atoms with Gasteiger partial charge in [0.2, 0.25) is 0 Å². The van der Waals surface area contributed by atoms with E-state index >= 15 is 0 Å². The first-order chi connectivity index (χ1) is 11.5. The van der Waals surface area contributed by atoms with Crippen molar-refractivity contribution in [3.63, 3.8) is 0 Å². The molecule has 0 unspecified atom stereocenters.